The smallest absolute Gasteiger partial charge is 0.0546 e. The zero-order chi connectivity index (χ0) is 35.9. The minimum Gasteiger partial charge on any atom is -0.309 e. The molecule has 0 fully saturated rings. The minimum atomic E-state index is -0.119. The van der Waals surface area contributed by atoms with Gasteiger partial charge in [-0.1, -0.05) is 173 Å². The van der Waals surface area contributed by atoms with Gasteiger partial charge < -0.3 is 4.90 Å². The van der Waals surface area contributed by atoms with Gasteiger partial charge in [0.15, 0.2) is 0 Å². The Morgan fingerprint density at radius 1 is 0.340 bits per heavy atom. The summed E-state index contributed by atoms with van der Waals surface area (Å²) in [6, 6.07) is 65.4. The lowest BCUT2D eigenvalue weighted by Gasteiger charge is -2.32. The van der Waals surface area contributed by atoms with E-state index in [0.29, 0.717) is 0 Å². The summed E-state index contributed by atoms with van der Waals surface area (Å²) >= 11 is 0. The normalized spacial score (nSPS) is 14.3. The van der Waals surface area contributed by atoms with Crippen molar-refractivity contribution in [1.29, 1.82) is 0 Å². The van der Waals surface area contributed by atoms with Crippen LogP contribution in [0.15, 0.2) is 176 Å². The van der Waals surface area contributed by atoms with Crippen molar-refractivity contribution in [3.63, 3.8) is 0 Å². The number of hydrogen-bond donors (Lipinski definition) is 0. The number of rotatable bonds is 5. The molecule has 2 aliphatic rings. The van der Waals surface area contributed by atoms with Crippen molar-refractivity contribution in [3.8, 4) is 44.5 Å². The standard InChI is InChI=1S/C52H41N/c1-51(2)43-23-12-10-20-40(43)42-33-37(29-31-45(42)51)49-39(35-17-6-5-7-18-35)22-14-26-47(49)53(38-30-28-34-16-8-9-19-36(34)32-38)48-27-15-25-46-50(48)41-21-11-13-24-44(41)52(46,3)4/h5-33H,1-4H3. The molecule has 0 aromatic heterocycles. The Morgan fingerprint density at radius 3 is 1.70 bits per heavy atom. The Morgan fingerprint density at radius 2 is 0.906 bits per heavy atom. The molecule has 0 atom stereocenters. The van der Waals surface area contributed by atoms with E-state index in [-0.39, 0.29) is 10.8 Å². The van der Waals surface area contributed by atoms with Crippen LogP contribution in [-0.2, 0) is 10.8 Å². The molecular weight excluding hydrogens is 639 g/mol. The van der Waals surface area contributed by atoms with Gasteiger partial charge in [-0.25, -0.2) is 0 Å². The molecule has 0 aliphatic heterocycles. The van der Waals surface area contributed by atoms with Gasteiger partial charge in [0.1, 0.15) is 0 Å². The third kappa shape index (κ3) is 4.70. The average Bonchev–Trinajstić information content (AvgIpc) is 3.58. The molecule has 53 heavy (non-hydrogen) atoms. The van der Waals surface area contributed by atoms with Crippen LogP contribution in [0.5, 0.6) is 0 Å². The molecular formula is C52H41N. The lowest BCUT2D eigenvalue weighted by atomic mass is 9.82. The van der Waals surface area contributed by atoms with Gasteiger partial charge in [-0.3, -0.25) is 0 Å². The van der Waals surface area contributed by atoms with Gasteiger partial charge in [0.2, 0.25) is 0 Å². The molecule has 1 heteroatoms. The maximum Gasteiger partial charge on any atom is 0.0546 e. The SMILES string of the molecule is CC1(C)c2ccccc2-c2cc(-c3c(-c4ccccc4)cccc3N(c3ccc4ccccc4c3)c3cccc4c3-c3ccccc3C4(C)C)ccc21. The second-order valence-corrected chi connectivity index (χ2v) is 15.7. The Kier molecular flexibility index (Phi) is 6.94. The zero-order valence-corrected chi connectivity index (χ0v) is 30.7. The van der Waals surface area contributed by atoms with Crippen molar-refractivity contribution in [1.82, 2.24) is 0 Å². The first-order chi connectivity index (χ1) is 25.8. The van der Waals surface area contributed by atoms with Crippen LogP contribution in [-0.4, -0.2) is 0 Å². The summed E-state index contributed by atoms with van der Waals surface area (Å²) in [7, 11) is 0. The maximum atomic E-state index is 2.54. The molecule has 0 unspecified atom stereocenters. The molecule has 8 aromatic rings. The quantitative estimate of drug-likeness (QED) is 0.175. The first kappa shape index (κ1) is 31.5. The van der Waals surface area contributed by atoms with E-state index in [2.05, 4.69) is 209 Å². The highest BCUT2D eigenvalue weighted by Gasteiger charge is 2.39. The molecule has 0 amide bonds. The van der Waals surface area contributed by atoms with Crippen LogP contribution >= 0.6 is 0 Å². The van der Waals surface area contributed by atoms with Gasteiger partial charge in [-0.05, 0) is 96.7 Å². The molecule has 0 saturated heterocycles. The van der Waals surface area contributed by atoms with Gasteiger partial charge in [0, 0.05) is 27.6 Å². The lowest BCUT2D eigenvalue weighted by Crippen LogP contribution is -2.16. The molecule has 2 aliphatic carbocycles. The van der Waals surface area contributed by atoms with E-state index in [1.54, 1.807) is 0 Å². The minimum absolute atomic E-state index is 0.0614. The van der Waals surface area contributed by atoms with Crippen LogP contribution in [0.2, 0.25) is 0 Å². The topological polar surface area (TPSA) is 3.24 Å². The molecule has 10 rings (SSSR count). The predicted molar refractivity (Wildman–Crippen MR) is 225 cm³/mol. The summed E-state index contributed by atoms with van der Waals surface area (Å²) < 4.78 is 0. The molecule has 8 aromatic carbocycles. The highest BCUT2D eigenvalue weighted by molar-refractivity contribution is 6.03. The summed E-state index contributed by atoms with van der Waals surface area (Å²) in [4.78, 5) is 2.54. The van der Waals surface area contributed by atoms with Gasteiger partial charge in [-0.15, -0.1) is 0 Å². The molecule has 0 spiro atoms. The Bertz CT molecular complexity index is 2730. The van der Waals surface area contributed by atoms with Crippen molar-refractivity contribution >= 4 is 27.8 Å². The monoisotopic (exact) mass is 679 g/mol. The fourth-order valence-corrected chi connectivity index (χ4v) is 9.41. The van der Waals surface area contributed by atoms with E-state index in [1.165, 1.54) is 83.2 Å². The fourth-order valence-electron chi connectivity index (χ4n) is 9.41. The highest BCUT2D eigenvalue weighted by atomic mass is 15.1. The summed E-state index contributed by atoms with van der Waals surface area (Å²) in [5, 5.41) is 2.46. The first-order valence-corrected chi connectivity index (χ1v) is 18.8. The molecule has 1 nitrogen and oxygen atoms in total. The molecule has 0 saturated carbocycles. The van der Waals surface area contributed by atoms with Crippen LogP contribution < -0.4 is 4.90 Å². The van der Waals surface area contributed by atoms with Crippen molar-refractivity contribution in [2.75, 3.05) is 4.90 Å². The molecule has 0 radical (unpaired) electrons. The van der Waals surface area contributed by atoms with E-state index >= 15 is 0 Å². The number of nitrogens with zero attached hydrogens (tertiary/aromatic N) is 1. The summed E-state index contributed by atoms with van der Waals surface area (Å²) in [6.07, 6.45) is 0. The van der Waals surface area contributed by atoms with Crippen molar-refractivity contribution in [2.24, 2.45) is 0 Å². The van der Waals surface area contributed by atoms with E-state index < -0.39 is 0 Å². The van der Waals surface area contributed by atoms with E-state index in [4.69, 9.17) is 0 Å². The van der Waals surface area contributed by atoms with Crippen LogP contribution in [0.4, 0.5) is 17.1 Å². The van der Waals surface area contributed by atoms with Gasteiger partial charge >= 0.3 is 0 Å². The van der Waals surface area contributed by atoms with Gasteiger partial charge in [0.25, 0.3) is 0 Å². The maximum absolute atomic E-state index is 2.54. The Balaban J connectivity index is 1.30. The number of fused-ring (bicyclic) bond motifs is 7. The predicted octanol–water partition coefficient (Wildman–Crippen LogP) is 14.3. The average molecular weight is 680 g/mol. The number of benzene rings is 8. The summed E-state index contributed by atoms with van der Waals surface area (Å²) in [5.41, 5.74) is 18.9. The van der Waals surface area contributed by atoms with Crippen LogP contribution in [0.25, 0.3) is 55.3 Å². The number of anilines is 3. The third-order valence-corrected chi connectivity index (χ3v) is 12.1. The molecule has 0 N–H and O–H groups in total. The zero-order valence-electron chi connectivity index (χ0n) is 30.7. The van der Waals surface area contributed by atoms with Crippen molar-refractivity contribution < 1.29 is 0 Å². The van der Waals surface area contributed by atoms with E-state index in [1.807, 2.05) is 0 Å². The van der Waals surface area contributed by atoms with E-state index in [9.17, 15) is 0 Å². The van der Waals surface area contributed by atoms with Crippen LogP contribution in [0.3, 0.4) is 0 Å². The lowest BCUT2D eigenvalue weighted by molar-refractivity contribution is 0.660. The summed E-state index contributed by atoms with van der Waals surface area (Å²) in [6.45, 7) is 9.45. The van der Waals surface area contributed by atoms with Crippen LogP contribution in [0.1, 0.15) is 49.9 Å². The highest BCUT2D eigenvalue weighted by Crippen LogP contribution is 2.56. The summed E-state index contributed by atoms with van der Waals surface area (Å²) in [5.74, 6) is 0. The van der Waals surface area contributed by atoms with E-state index in [0.717, 1.165) is 11.4 Å². The van der Waals surface area contributed by atoms with Crippen molar-refractivity contribution in [2.45, 2.75) is 38.5 Å². The second kappa shape index (κ2) is 11.7. The molecule has 0 heterocycles. The Labute approximate surface area is 312 Å². The number of hydrogen-bond acceptors (Lipinski definition) is 1. The Hall–Kier alpha value is -6.18. The van der Waals surface area contributed by atoms with Gasteiger partial charge in [-0.2, -0.15) is 0 Å². The van der Waals surface area contributed by atoms with Gasteiger partial charge in [0.05, 0.1) is 11.4 Å². The fraction of sp³-hybridized carbons (Fsp3) is 0.115. The third-order valence-electron chi connectivity index (χ3n) is 12.1. The molecule has 254 valence electrons. The molecule has 0 bridgehead atoms. The second-order valence-electron chi connectivity index (χ2n) is 15.7. The van der Waals surface area contributed by atoms with Crippen LogP contribution in [0, 0.1) is 0 Å². The largest absolute Gasteiger partial charge is 0.309 e. The first-order valence-electron chi connectivity index (χ1n) is 18.8. The van der Waals surface area contributed by atoms with Crippen molar-refractivity contribution in [3.05, 3.63) is 198 Å².